The van der Waals surface area contributed by atoms with Crippen LogP contribution in [0, 0.1) is 19.7 Å². The van der Waals surface area contributed by atoms with Gasteiger partial charge in [0.05, 0.1) is 5.56 Å². The Morgan fingerprint density at radius 2 is 2.00 bits per heavy atom. The van der Waals surface area contributed by atoms with E-state index in [0.717, 1.165) is 5.56 Å². The number of hydrogen-bond acceptors (Lipinski definition) is 3. The third-order valence-electron chi connectivity index (χ3n) is 3.15. The molecule has 6 heteroatoms. The number of halogens is 1. The fraction of sp³-hybridized carbons (Fsp3) is 0.154. The van der Waals surface area contributed by atoms with Crippen molar-refractivity contribution in [1.82, 2.24) is 19.6 Å². The molecule has 0 atom stereocenters. The van der Waals surface area contributed by atoms with Gasteiger partial charge in [-0.25, -0.2) is 23.7 Å². The average molecular weight is 258 g/mol. The summed E-state index contributed by atoms with van der Waals surface area (Å²) in [5.74, 6) is -0.164. The lowest BCUT2D eigenvalue weighted by atomic mass is 10.1. The van der Waals surface area contributed by atoms with Gasteiger partial charge in [-0.1, -0.05) is 12.1 Å². The first kappa shape index (κ1) is 11.6. The molecule has 0 saturated carbocycles. The molecular weight excluding hydrogens is 247 g/mol. The second kappa shape index (κ2) is 4.01. The molecule has 2 heterocycles. The molecule has 0 spiro atoms. The van der Waals surface area contributed by atoms with Crippen molar-refractivity contribution < 1.29 is 4.39 Å². The minimum Gasteiger partial charge on any atom is -0.246 e. The monoisotopic (exact) mass is 258 g/mol. The van der Waals surface area contributed by atoms with Crippen molar-refractivity contribution in [3.63, 3.8) is 0 Å². The predicted octanol–water partition coefficient (Wildman–Crippen LogP) is 1.84. The minimum atomic E-state index is -0.427. The number of aromatic nitrogens is 4. The minimum absolute atomic E-state index is 0.259. The van der Waals surface area contributed by atoms with Gasteiger partial charge in [-0.3, -0.25) is 0 Å². The Hall–Kier alpha value is -2.50. The first-order valence-corrected chi connectivity index (χ1v) is 5.79. The summed E-state index contributed by atoms with van der Waals surface area (Å²) in [7, 11) is 0. The molecule has 3 rings (SSSR count). The van der Waals surface area contributed by atoms with Gasteiger partial charge in [0.25, 0.3) is 0 Å². The zero-order chi connectivity index (χ0) is 13.6. The van der Waals surface area contributed by atoms with E-state index < -0.39 is 11.5 Å². The summed E-state index contributed by atoms with van der Waals surface area (Å²) in [4.78, 5) is 16.2. The standard InChI is InChI=1S/C13H11FN4O/c1-7-8(2)15-12(9-5-3-4-6-10(9)14)18-11(7)16-17-13(18)19/h3-6H,1-2H3,(H,17,19). The number of hydrogen-bond donors (Lipinski definition) is 1. The number of nitrogens with zero attached hydrogens (tertiary/aromatic N) is 3. The van der Waals surface area contributed by atoms with Crippen LogP contribution in [0.25, 0.3) is 17.0 Å². The largest absolute Gasteiger partial charge is 0.349 e. The first-order valence-electron chi connectivity index (χ1n) is 5.79. The Bertz CT molecular complexity index is 834. The van der Waals surface area contributed by atoms with Gasteiger partial charge in [-0.15, -0.1) is 0 Å². The van der Waals surface area contributed by atoms with Crippen LogP contribution in [0.1, 0.15) is 11.3 Å². The van der Waals surface area contributed by atoms with E-state index in [4.69, 9.17) is 0 Å². The Balaban J connectivity index is 2.49. The molecular formula is C13H11FN4O. The quantitative estimate of drug-likeness (QED) is 0.724. The maximum absolute atomic E-state index is 13.9. The van der Waals surface area contributed by atoms with E-state index in [1.54, 1.807) is 25.1 Å². The van der Waals surface area contributed by atoms with Crippen LogP contribution in [0.15, 0.2) is 29.1 Å². The van der Waals surface area contributed by atoms with E-state index in [1.807, 2.05) is 6.92 Å². The molecule has 0 aliphatic rings. The highest BCUT2D eigenvalue weighted by Crippen LogP contribution is 2.22. The predicted molar refractivity (Wildman–Crippen MR) is 68.5 cm³/mol. The molecule has 2 aromatic heterocycles. The molecule has 0 saturated heterocycles. The van der Waals surface area contributed by atoms with Crippen LogP contribution in [-0.2, 0) is 0 Å². The highest BCUT2D eigenvalue weighted by atomic mass is 19.1. The van der Waals surface area contributed by atoms with E-state index in [1.165, 1.54) is 10.5 Å². The van der Waals surface area contributed by atoms with Gasteiger partial charge in [-0.05, 0) is 26.0 Å². The number of nitrogens with one attached hydrogen (secondary N) is 1. The van der Waals surface area contributed by atoms with Gasteiger partial charge in [0.2, 0.25) is 0 Å². The fourth-order valence-corrected chi connectivity index (χ4v) is 2.02. The molecule has 1 N–H and O–H groups in total. The first-order chi connectivity index (χ1) is 9.09. The second-order valence-corrected chi connectivity index (χ2v) is 4.31. The second-order valence-electron chi connectivity index (χ2n) is 4.31. The Labute approximate surface area is 107 Å². The Morgan fingerprint density at radius 1 is 1.26 bits per heavy atom. The summed E-state index contributed by atoms with van der Waals surface area (Å²) in [5.41, 5.74) is 1.82. The molecule has 0 bridgehead atoms. The average Bonchev–Trinajstić information content (AvgIpc) is 2.77. The van der Waals surface area contributed by atoms with Crippen LogP contribution in [0.5, 0.6) is 0 Å². The van der Waals surface area contributed by atoms with E-state index in [-0.39, 0.29) is 11.4 Å². The Morgan fingerprint density at radius 3 is 2.74 bits per heavy atom. The maximum Gasteiger partial charge on any atom is 0.349 e. The summed E-state index contributed by atoms with van der Waals surface area (Å²) in [6.07, 6.45) is 0. The zero-order valence-electron chi connectivity index (χ0n) is 10.4. The van der Waals surface area contributed by atoms with Crippen molar-refractivity contribution in [2.75, 3.05) is 0 Å². The van der Waals surface area contributed by atoms with Crippen molar-refractivity contribution in [2.45, 2.75) is 13.8 Å². The number of benzene rings is 1. The molecule has 0 aliphatic carbocycles. The normalized spacial score (nSPS) is 11.1. The zero-order valence-corrected chi connectivity index (χ0v) is 10.4. The summed E-state index contributed by atoms with van der Waals surface area (Å²) < 4.78 is 15.2. The third-order valence-corrected chi connectivity index (χ3v) is 3.15. The summed E-state index contributed by atoms with van der Waals surface area (Å²) >= 11 is 0. The Kier molecular flexibility index (Phi) is 2.45. The number of rotatable bonds is 1. The number of aromatic amines is 1. The maximum atomic E-state index is 13.9. The summed E-state index contributed by atoms with van der Waals surface area (Å²) in [6, 6.07) is 6.22. The van der Waals surface area contributed by atoms with Crippen molar-refractivity contribution >= 4 is 5.65 Å². The highest BCUT2D eigenvalue weighted by Gasteiger charge is 2.16. The van der Waals surface area contributed by atoms with Crippen LogP contribution in [0.3, 0.4) is 0 Å². The molecule has 3 aromatic rings. The smallest absolute Gasteiger partial charge is 0.246 e. The fourth-order valence-electron chi connectivity index (χ4n) is 2.02. The summed E-state index contributed by atoms with van der Waals surface area (Å²) in [6.45, 7) is 3.63. The summed E-state index contributed by atoms with van der Waals surface area (Å²) in [5, 5.41) is 6.33. The SMILES string of the molecule is Cc1nc(-c2ccccc2F)n2c(=O)[nH]nc2c1C. The number of aryl methyl sites for hydroxylation is 2. The molecule has 19 heavy (non-hydrogen) atoms. The van der Waals surface area contributed by atoms with E-state index >= 15 is 0 Å². The van der Waals surface area contributed by atoms with Crippen molar-refractivity contribution in [1.29, 1.82) is 0 Å². The third kappa shape index (κ3) is 1.64. The van der Waals surface area contributed by atoms with Gasteiger partial charge in [-0.2, -0.15) is 5.10 Å². The lowest BCUT2D eigenvalue weighted by Crippen LogP contribution is -2.14. The van der Waals surface area contributed by atoms with Gasteiger partial charge >= 0.3 is 5.69 Å². The van der Waals surface area contributed by atoms with Gasteiger partial charge < -0.3 is 0 Å². The molecule has 1 aromatic carbocycles. The van der Waals surface area contributed by atoms with Crippen LogP contribution in [0.2, 0.25) is 0 Å². The van der Waals surface area contributed by atoms with Crippen molar-refractivity contribution in [3.8, 4) is 11.4 Å². The van der Waals surface area contributed by atoms with Crippen molar-refractivity contribution in [2.24, 2.45) is 0 Å². The van der Waals surface area contributed by atoms with E-state index in [2.05, 4.69) is 15.2 Å². The van der Waals surface area contributed by atoms with Crippen molar-refractivity contribution in [3.05, 3.63) is 51.8 Å². The molecule has 0 amide bonds. The lowest BCUT2D eigenvalue weighted by Gasteiger charge is -2.08. The van der Waals surface area contributed by atoms with E-state index in [9.17, 15) is 9.18 Å². The van der Waals surface area contributed by atoms with Gasteiger partial charge in [0.1, 0.15) is 5.82 Å². The van der Waals surface area contributed by atoms with Crippen LogP contribution >= 0.6 is 0 Å². The number of fused-ring (bicyclic) bond motifs is 1. The molecule has 0 aliphatic heterocycles. The van der Waals surface area contributed by atoms with Gasteiger partial charge in [0, 0.05) is 11.3 Å². The number of H-pyrrole nitrogens is 1. The molecule has 0 fully saturated rings. The highest BCUT2D eigenvalue weighted by molar-refractivity contribution is 5.62. The van der Waals surface area contributed by atoms with Crippen LogP contribution in [0.4, 0.5) is 4.39 Å². The molecule has 0 radical (unpaired) electrons. The molecule has 96 valence electrons. The van der Waals surface area contributed by atoms with E-state index in [0.29, 0.717) is 11.3 Å². The molecule has 0 unspecified atom stereocenters. The van der Waals surface area contributed by atoms with Gasteiger partial charge in [0.15, 0.2) is 11.5 Å². The lowest BCUT2D eigenvalue weighted by molar-refractivity contribution is 0.629. The topological polar surface area (TPSA) is 63.1 Å². The van der Waals surface area contributed by atoms with Crippen LogP contribution in [-0.4, -0.2) is 19.6 Å². The van der Waals surface area contributed by atoms with Crippen LogP contribution < -0.4 is 5.69 Å². The molecule has 5 nitrogen and oxygen atoms in total.